The summed E-state index contributed by atoms with van der Waals surface area (Å²) in [4.78, 5) is 23.4. The second-order valence-corrected chi connectivity index (χ2v) is 6.44. The van der Waals surface area contributed by atoms with Gasteiger partial charge in [-0.3, -0.25) is 4.79 Å². The lowest BCUT2D eigenvalue weighted by molar-refractivity contribution is 0.0827. The van der Waals surface area contributed by atoms with Crippen molar-refractivity contribution in [3.63, 3.8) is 0 Å². The predicted molar refractivity (Wildman–Crippen MR) is 85.8 cm³/mol. The summed E-state index contributed by atoms with van der Waals surface area (Å²) in [5.74, 6) is 1.15. The molecule has 2 aromatic rings. The molecule has 1 amide bonds. The minimum absolute atomic E-state index is 0.0307. The summed E-state index contributed by atoms with van der Waals surface area (Å²) >= 11 is 1.70. The van der Waals surface area contributed by atoms with Crippen molar-refractivity contribution in [1.82, 2.24) is 14.9 Å². The largest absolute Gasteiger partial charge is 0.364 e. The van der Waals surface area contributed by atoms with Gasteiger partial charge >= 0.3 is 0 Å². The molecule has 0 aliphatic carbocycles. The zero-order valence-corrected chi connectivity index (χ0v) is 13.6. The number of nitrogens with one attached hydrogen (secondary N) is 1. The highest BCUT2D eigenvalue weighted by atomic mass is 32.1. The molecule has 112 valence electrons. The predicted octanol–water partition coefficient (Wildman–Crippen LogP) is 2.98. The van der Waals surface area contributed by atoms with E-state index in [1.54, 1.807) is 48.7 Å². The Morgan fingerprint density at radius 1 is 1.38 bits per heavy atom. The van der Waals surface area contributed by atoms with Gasteiger partial charge in [0.1, 0.15) is 10.8 Å². The van der Waals surface area contributed by atoms with Crippen molar-refractivity contribution in [2.45, 2.75) is 26.3 Å². The maximum Gasteiger partial charge on any atom is 0.253 e. The first kappa shape index (κ1) is 15.4. The lowest BCUT2D eigenvalue weighted by Gasteiger charge is -2.11. The summed E-state index contributed by atoms with van der Waals surface area (Å²) < 4.78 is 0. The van der Waals surface area contributed by atoms with Crippen molar-refractivity contribution < 1.29 is 4.79 Å². The lowest BCUT2D eigenvalue weighted by atomic mass is 10.2. The van der Waals surface area contributed by atoms with Gasteiger partial charge in [-0.1, -0.05) is 13.8 Å². The van der Waals surface area contributed by atoms with Gasteiger partial charge in [-0.25, -0.2) is 9.97 Å². The first-order valence-corrected chi connectivity index (χ1v) is 7.65. The molecule has 0 spiro atoms. The molecule has 0 fully saturated rings. The third-order valence-electron chi connectivity index (χ3n) is 2.97. The summed E-state index contributed by atoms with van der Waals surface area (Å²) in [6, 6.07) is 3.48. The lowest BCUT2D eigenvalue weighted by Crippen LogP contribution is -2.21. The van der Waals surface area contributed by atoms with E-state index < -0.39 is 0 Å². The molecule has 5 nitrogen and oxygen atoms in total. The monoisotopic (exact) mass is 304 g/mol. The number of hydrogen-bond acceptors (Lipinski definition) is 5. The topological polar surface area (TPSA) is 58.1 Å². The summed E-state index contributed by atoms with van der Waals surface area (Å²) in [5, 5.41) is 4.23. The van der Waals surface area contributed by atoms with Crippen LogP contribution in [0.1, 0.15) is 40.0 Å². The number of thiazole rings is 1. The molecule has 6 heteroatoms. The number of nitrogens with zero attached hydrogens (tertiary/aromatic N) is 3. The average Bonchev–Trinajstić information content (AvgIpc) is 2.93. The number of rotatable bonds is 5. The molecule has 0 bridgehead atoms. The first-order valence-electron chi connectivity index (χ1n) is 6.83. The Bertz CT molecular complexity index is 622. The van der Waals surface area contributed by atoms with Crippen LogP contribution < -0.4 is 5.32 Å². The molecule has 0 aliphatic heterocycles. The molecular weight excluding hydrogens is 284 g/mol. The maximum absolute atomic E-state index is 11.9. The van der Waals surface area contributed by atoms with Crippen LogP contribution in [0.5, 0.6) is 0 Å². The van der Waals surface area contributed by atoms with Crippen LogP contribution in [0, 0.1) is 0 Å². The number of anilines is 1. The zero-order valence-electron chi connectivity index (χ0n) is 12.8. The third-order valence-corrected chi connectivity index (χ3v) is 4.27. The molecule has 0 aliphatic rings. The van der Waals surface area contributed by atoms with Crippen LogP contribution in [-0.2, 0) is 6.54 Å². The molecule has 0 aromatic carbocycles. The number of hydrogen-bond donors (Lipinski definition) is 1. The first-order chi connectivity index (χ1) is 9.97. The van der Waals surface area contributed by atoms with Gasteiger partial charge in [-0.05, 0) is 18.1 Å². The van der Waals surface area contributed by atoms with Gasteiger partial charge in [0, 0.05) is 36.9 Å². The second-order valence-electron chi connectivity index (χ2n) is 5.29. The highest BCUT2D eigenvalue weighted by molar-refractivity contribution is 7.11. The minimum Gasteiger partial charge on any atom is -0.364 e. The van der Waals surface area contributed by atoms with Crippen molar-refractivity contribution in [2.24, 2.45) is 0 Å². The smallest absolute Gasteiger partial charge is 0.253 e. The fourth-order valence-electron chi connectivity index (χ4n) is 1.76. The van der Waals surface area contributed by atoms with E-state index in [0.29, 0.717) is 23.8 Å². The van der Waals surface area contributed by atoms with Crippen molar-refractivity contribution in [2.75, 3.05) is 19.4 Å². The van der Waals surface area contributed by atoms with Gasteiger partial charge in [-0.2, -0.15) is 0 Å². The Morgan fingerprint density at radius 2 is 2.14 bits per heavy atom. The van der Waals surface area contributed by atoms with E-state index in [1.807, 2.05) is 6.20 Å². The van der Waals surface area contributed by atoms with Crippen LogP contribution in [0.4, 0.5) is 5.82 Å². The van der Waals surface area contributed by atoms with E-state index in [4.69, 9.17) is 0 Å². The van der Waals surface area contributed by atoms with Crippen LogP contribution >= 0.6 is 11.3 Å². The zero-order chi connectivity index (χ0) is 15.4. The molecule has 1 N–H and O–H groups in total. The van der Waals surface area contributed by atoms with Crippen LogP contribution in [0.3, 0.4) is 0 Å². The third kappa shape index (κ3) is 4.01. The average molecular weight is 304 g/mol. The molecule has 2 rings (SSSR count). The van der Waals surface area contributed by atoms with Gasteiger partial charge in [0.2, 0.25) is 0 Å². The summed E-state index contributed by atoms with van der Waals surface area (Å²) in [7, 11) is 3.47. The summed E-state index contributed by atoms with van der Waals surface area (Å²) in [6.07, 6.45) is 3.56. The van der Waals surface area contributed by atoms with E-state index >= 15 is 0 Å². The van der Waals surface area contributed by atoms with Gasteiger partial charge in [-0.15, -0.1) is 11.3 Å². The molecule has 21 heavy (non-hydrogen) atoms. The minimum atomic E-state index is -0.0307. The van der Waals surface area contributed by atoms with E-state index in [0.717, 1.165) is 5.01 Å². The fourth-order valence-corrected chi connectivity index (χ4v) is 2.62. The summed E-state index contributed by atoms with van der Waals surface area (Å²) in [5.41, 5.74) is 0.625. The Morgan fingerprint density at radius 3 is 2.76 bits per heavy atom. The number of carbonyl (C=O) groups is 1. The molecule has 0 saturated carbocycles. The molecule has 0 saturated heterocycles. The number of amides is 1. The summed E-state index contributed by atoms with van der Waals surface area (Å²) in [6.45, 7) is 4.93. The van der Waals surface area contributed by atoms with Crippen LogP contribution in [0.25, 0.3) is 0 Å². The number of pyridine rings is 1. The number of aromatic nitrogens is 2. The molecule has 0 unspecified atom stereocenters. The number of carbonyl (C=O) groups excluding carboxylic acids is 1. The Hall–Kier alpha value is -1.95. The molecule has 0 radical (unpaired) electrons. The maximum atomic E-state index is 11.9. The van der Waals surface area contributed by atoms with Crippen molar-refractivity contribution >= 4 is 23.1 Å². The van der Waals surface area contributed by atoms with Crippen LogP contribution in [0.15, 0.2) is 24.5 Å². The van der Waals surface area contributed by atoms with E-state index in [2.05, 4.69) is 29.1 Å². The van der Waals surface area contributed by atoms with E-state index in [1.165, 1.54) is 4.88 Å². The van der Waals surface area contributed by atoms with Crippen molar-refractivity contribution in [1.29, 1.82) is 0 Å². The van der Waals surface area contributed by atoms with Crippen LogP contribution in [-0.4, -0.2) is 34.9 Å². The highest BCUT2D eigenvalue weighted by Crippen LogP contribution is 2.22. The van der Waals surface area contributed by atoms with Crippen LogP contribution in [0.2, 0.25) is 0 Å². The van der Waals surface area contributed by atoms with Crippen molar-refractivity contribution in [3.05, 3.63) is 40.0 Å². The molecule has 0 atom stereocenters. The molecular formula is C15H20N4OS. The highest BCUT2D eigenvalue weighted by Gasteiger charge is 2.09. The van der Waals surface area contributed by atoms with E-state index in [9.17, 15) is 4.79 Å². The van der Waals surface area contributed by atoms with Gasteiger partial charge in [0.25, 0.3) is 5.91 Å². The second kappa shape index (κ2) is 6.67. The quantitative estimate of drug-likeness (QED) is 0.922. The molecule has 2 heterocycles. The Balaban J connectivity index is 2.02. The molecule has 2 aromatic heterocycles. The van der Waals surface area contributed by atoms with Gasteiger partial charge in [0.15, 0.2) is 0 Å². The van der Waals surface area contributed by atoms with Gasteiger partial charge in [0.05, 0.1) is 6.54 Å². The van der Waals surface area contributed by atoms with Crippen molar-refractivity contribution in [3.8, 4) is 0 Å². The van der Waals surface area contributed by atoms with Gasteiger partial charge < -0.3 is 10.2 Å². The Labute approximate surface area is 129 Å². The fraction of sp³-hybridized carbons (Fsp3) is 0.400. The SMILES string of the molecule is CC(C)c1cnc(CNc2cc(C(=O)N(C)C)ccn2)s1. The Kier molecular flexibility index (Phi) is 4.90. The van der Waals surface area contributed by atoms with E-state index in [-0.39, 0.29) is 5.91 Å². The standard InChI is InChI=1S/C15H20N4OS/c1-10(2)12-8-18-14(21-12)9-17-13-7-11(5-6-16-13)15(20)19(3)4/h5-8,10H,9H2,1-4H3,(H,16,17). The normalized spacial score (nSPS) is 10.7.